The van der Waals surface area contributed by atoms with Crippen LogP contribution in [0.25, 0.3) is 11.0 Å². The molecule has 0 spiro atoms. The van der Waals surface area contributed by atoms with Gasteiger partial charge in [0.1, 0.15) is 17.9 Å². The van der Waals surface area contributed by atoms with Gasteiger partial charge in [0.05, 0.1) is 30.2 Å². The first-order valence-electron chi connectivity index (χ1n) is 11.2. The van der Waals surface area contributed by atoms with Crippen LogP contribution in [0, 0.1) is 0 Å². The van der Waals surface area contributed by atoms with Crippen LogP contribution in [-0.4, -0.2) is 61.7 Å². The van der Waals surface area contributed by atoms with Crippen molar-refractivity contribution in [3.63, 3.8) is 0 Å². The topological polar surface area (TPSA) is 72.2 Å². The molecular formula is C26H26N2O5. The number of fused-ring (bicyclic) bond motifs is 2. The van der Waals surface area contributed by atoms with E-state index in [0.29, 0.717) is 55.2 Å². The highest BCUT2D eigenvalue weighted by Crippen LogP contribution is 2.38. The third-order valence-corrected chi connectivity index (χ3v) is 6.18. The molecule has 1 fully saturated rings. The molecule has 1 atom stereocenters. The minimum atomic E-state index is -0.540. The highest BCUT2D eigenvalue weighted by atomic mass is 16.5. The van der Waals surface area contributed by atoms with E-state index in [0.717, 1.165) is 18.7 Å². The van der Waals surface area contributed by atoms with E-state index >= 15 is 0 Å². The zero-order chi connectivity index (χ0) is 22.8. The molecule has 0 aliphatic carbocycles. The lowest BCUT2D eigenvalue weighted by atomic mass is 9.98. The molecule has 2 aliphatic heterocycles. The van der Waals surface area contributed by atoms with Gasteiger partial charge in [0, 0.05) is 26.2 Å². The van der Waals surface area contributed by atoms with E-state index in [2.05, 4.69) is 11.5 Å². The Hall–Kier alpha value is -3.42. The second-order valence-corrected chi connectivity index (χ2v) is 8.20. The first kappa shape index (κ1) is 21.4. The van der Waals surface area contributed by atoms with Crippen molar-refractivity contribution in [2.24, 2.45) is 0 Å². The summed E-state index contributed by atoms with van der Waals surface area (Å²) in [5, 5.41) is 0.475. The number of amides is 1. The van der Waals surface area contributed by atoms with Gasteiger partial charge in [-0.2, -0.15) is 0 Å². The minimum Gasteiger partial charge on any atom is -0.490 e. The van der Waals surface area contributed by atoms with E-state index in [1.54, 1.807) is 35.2 Å². The summed E-state index contributed by atoms with van der Waals surface area (Å²) < 4.78 is 17.2. The van der Waals surface area contributed by atoms with Crippen LogP contribution in [0.15, 0.2) is 70.4 Å². The third kappa shape index (κ3) is 4.05. The average molecular weight is 447 g/mol. The second kappa shape index (κ2) is 9.21. The van der Waals surface area contributed by atoms with E-state index in [-0.39, 0.29) is 17.1 Å². The fourth-order valence-corrected chi connectivity index (χ4v) is 4.55. The Kier molecular flexibility index (Phi) is 5.98. The molecule has 0 N–H and O–H groups in total. The van der Waals surface area contributed by atoms with Crippen molar-refractivity contribution in [3.05, 3.63) is 88.3 Å². The molecule has 33 heavy (non-hydrogen) atoms. The number of para-hydroxylation sites is 1. The van der Waals surface area contributed by atoms with Gasteiger partial charge in [0.25, 0.3) is 5.91 Å². The number of hydrogen-bond acceptors (Lipinski definition) is 6. The van der Waals surface area contributed by atoms with E-state index in [4.69, 9.17) is 13.9 Å². The zero-order valence-electron chi connectivity index (χ0n) is 18.4. The number of carbonyl (C=O) groups excluding carboxylic acids is 1. The number of ether oxygens (including phenoxy) is 2. The average Bonchev–Trinajstić information content (AvgIpc) is 3.14. The molecule has 1 saturated heterocycles. The molecule has 0 radical (unpaired) electrons. The highest BCUT2D eigenvalue weighted by Gasteiger charge is 2.42. The molecule has 0 bridgehead atoms. The fourth-order valence-electron chi connectivity index (χ4n) is 4.55. The molecule has 0 saturated carbocycles. The standard InChI is InChI=1S/C26H26N2O5/c1-2-14-32-19-7-5-6-18(17-19)23-22-24(29)20-8-3-4-9-21(20)33-25(22)26(30)28(23)11-10-27-12-15-31-16-13-27/h2-9,17,23H,1,10-16H2/t23-/m0/s1. The molecule has 170 valence electrons. The highest BCUT2D eigenvalue weighted by molar-refractivity contribution is 5.99. The molecule has 0 unspecified atom stereocenters. The molecule has 7 heteroatoms. The van der Waals surface area contributed by atoms with Gasteiger partial charge in [0.15, 0.2) is 5.43 Å². The lowest BCUT2D eigenvalue weighted by molar-refractivity contribution is 0.0314. The predicted octanol–water partition coefficient (Wildman–Crippen LogP) is 3.24. The molecule has 2 aromatic carbocycles. The summed E-state index contributed by atoms with van der Waals surface area (Å²) in [6.07, 6.45) is 1.68. The molecule has 3 heterocycles. The van der Waals surface area contributed by atoms with Crippen LogP contribution in [0.4, 0.5) is 0 Å². The van der Waals surface area contributed by atoms with Crippen LogP contribution in [0.2, 0.25) is 0 Å². The van der Waals surface area contributed by atoms with Crippen LogP contribution in [0.3, 0.4) is 0 Å². The SMILES string of the molecule is C=CCOc1cccc([C@H]2c3c(oc4ccccc4c3=O)C(=O)N2CCN2CCOCC2)c1. The number of nitrogens with zero attached hydrogens (tertiary/aromatic N) is 2. The summed E-state index contributed by atoms with van der Waals surface area (Å²) in [5.74, 6) is 0.526. The van der Waals surface area contributed by atoms with Gasteiger partial charge < -0.3 is 18.8 Å². The van der Waals surface area contributed by atoms with Gasteiger partial charge in [-0.25, -0.2) is 0 Å². The Morgan fingerprint density at radius 1 is 1.06 bits per heavy atom. The fraction of sp³-hybridized carbons (Fsp3) is 0.308. The van der Waals surface area contributed by atoms with E-state index in [9.17, 15) is 9.59 Å². The van der Waals surface area contributed by atoms with Crippen molar-refractivity contribution in [2.45, 2.75) is 6.04 Å². The monoisotopic (exact) mass is 446 g/mol. The zero-order valence-corrected chi connectivity index (χ0v) is 18.4. The van der Waals surface area contributed by atoms with Gasteiger partial charge in [-0.1, -0.05) is 36.9 Å². The summed E-state index contributed by atoms with van der Waals surface area (Å²) in [5.41, 5.74) is 1.46. The van der Waals surface area contributed by atoms with Crippen molar-refractivity contribution in [1.29, 1.82) is 0 Å². The van der Waals surface area contributed by atoms with Crippen LogP contribution in [-0.2, 0) is 4.74 Å². The molecule has 1 aromatic heterocycles. The smallest absolute Gasteiger partial charge is 0.290 e. The molecule has 2 aliphatic rings. The largest absolute Gasteiger partial charge is 0.490 e. The Morgan fingerprint density at radius 3 is 2.70 bits per heavy atom. The first-order chi connectivity index (χ1) is 16.2. The van der Waals surface area contributed by atoms with Gasteiger partial charge >= 0.3 is 0 Å². The summed E-state index contributed by atoms with van der Waals surface area (Å²) in [7, 11) is 0. The number of benzene rings is 2. The summed E-state index contributed by atoms with van der Waals surface area (Å²) in [4.78, 5) is 31.1. The molecule has 3 aromatic rings. The second-order valence-electron chi connectivity index (χ2n) is 8.20. The lowest BCUT2D eigenvalue weighted by Crippen LogP contribution is -2.42. The summed E-state index contributed by atoms with van der Waals surface area (Å²) in [6.45, 7) is 8.25. The van der Waals surface area contributed by atoms with Gasteiger partial charge in [-0.3, -0.25) is 14.5 Å². The van der Waals surface area contributed by atoms with E-state index in [1.807, 2.05) is 24.3 Å². The number of hydrogen-bond donors (Lipinski definition) is 0. The van der Waals surface area contributed by atoms with E-state index < -0.39 is 6.04 Å². The maximum Gasteiger partial charge on any atom is 0.290 e. The van der Waals surface area contributed by atoms with Crippen molar-refractivity contribution in [3.8, 4) is 5.75 Å². The molecule has 5 rings (SSSR count). The maximum absolute atomic E-state index is 13.5. The normalized spacial score (nSPS) is 18.5. The van der Waals surface area contributed by atoms with Gasteiger partial charge in [0.2, 0.25) is 5.76 Å². The van der Waals surface area contributed by atoms with Crippen molar-refractivity contribution in [1.82, 2.24) is 9.80 Å². The quantitative estimate of drug-likeness (QED) is 0.519. The Balaban J connectivity index is 1.58. The molecular weight excluding hydrogens is 420 g/mol. The van der Waals surface area contributed by atoms with Crippen molar-refractivity contribution >= 4 is 16.9 Å². The Morgan fingerprint density at radius 2 is 1.88 bits per heavy atom. The first-order valence-corrected chi connectivity index (χ1v) is 11.2. The molecule has 1 amide bonds. The van der Waals surface area contributed by atoms with E-state index in [1.165, 1.54) is 0 Å². The number of rotatable bonds is 7. The van der Waals surface area contributed by atoms with Gasteiger partial charge in [-0.15, -0.1) is 0 Å². The van der Waals surface area contributed by atoms with Crippen LogP contribution in [0.5, 0.6) is 5.75 Å². The lowest BCUT2D eigenvalue weighted by Gasteiger charge is -2.31. The van der Waals surface area contributed by atoms with Crippen LogP contribution >= 0.6 is 0 Å². The van der Waals surface area contributed by atoms with Gasteiger partial charge in [-0.05, 0) is 29.8 Å². The van der Waals surface area contributed by atoms with Crippen molar-refractivity contribution < 1.29 is 18.7 Å². The predicted molar refractivity (Wildman–Crippen MR) is 125 cm³/mol. The minimum absolute atomic E-state index is 0.128. The van der Waals surface area contributed by atoms with Crippen molar-refractivity contribution in [2.75, 3.05) is 46.0 Å². The van der Waals surface area contributed by atoms with Crippen LogP contribution in [0.1, 0.15) is 27.7 Å². The number of morpholine rings is 1. The summed E-state index contributed by atoms with van der Waals surface area (Å²) >= 11 is 0. The third-order valence-electron chi connectivity index (χ3n) is 6.18. The van der Waals surface area contributed by atoms with Crippen LogP contribution < -0.4 is 10.2 Å². The molecule has 7 nitrogen and oxygen atoms in total. The Bertz CT molecular complexity index is 1240. The Labute approximate surface area is 191 Å². The maximum atomic E-state index is 13.5. The summed E-state index contributed by atoms with van der Waals surface area (Å²) in [6, 6.07) is 14.0. The number of carbonyl (C=O) groups is 1.